The van der Waals surface area contributed by atoms with Gasteiger partial charge in [0.25, 0.3) is 0 Å². The number of nitrogens with one attached hydrogen (secondary N) is 1. The Labute approximate surface area is 120 Å². The maximum atomic E-state index is 4.45. The summed E-state index contributed by atoms with van der Waals surface area (Å²) >= 11 is 0. The quantitative estimate of drug-likeness (QED) is 0.925. The molecule has 0 amide bonds. The van der Waals surface area contributed by atoms with Gasteiger partial charge in [0, 0.05) is 33.7 Å². The topological polar surface area (TPSA) is 33.1 Å². The Morgan fingerprint density at radius 3 is 2.90 bits per heavy atom. The molecule has 0 spiro atoms. The molecule has 1 heterocycles. The standard InChI is InChI=1S/C16H22N4/c1-19(2)16-18-11-13(20(16)3)10-17-15-9-8-12-6-4-5-7-14(12)15/h4-7,11,15,17H,8-10H2,1-3H3. The van der Waals surface area contributed by atoms with E-state index in [1.54, 1.807) is 0 Å². The van der Waals surface area contributed by atoms with Crippen LogP contribution in [0.3, 0.4) is 0 Å². The van der Waals surface area contributed by atoms with Gasteiger partial charge in [-0.2, -0.15) is 0 Å². The number of benzene rings is 1. The Morgan fingerprint density at radius 2 is 2.15 bits per heavy atom. The first-order valence-corrected chi connectivity index (χ1v) is 7.16. The zero-order chi connectivity index (χ0) is 14.1. The number of anilines is 1. The van der Waals surface area contributed by atoms with Crippen LogP contribution >= 0.6 is 0 Å². The molecular weight excluding hydrogens is 248 g/mol. The van der Waals surface area contributed by atoms with Crippen molar-refractivity contribution in [3.05, 3.63) is 47.3 Å². The number of nitrogens with zero attached hydrogens (tertiary/aromatic N) is 3. The predicted octanol–water partition coefficient (Wildman–Crippen LogP) is 2.26. The average Bonchev–Trinajstić information content (AvgIpc) is 3.00. The van der Waals surface area contributed by atoms with Gasteiger partial charge in [-0.1, -0.05) is 24.3 Å². The van der Waals surface area contributed by atoms with Crippen LogP contribution in [-0.2, 0) is 20.0 Å². The first kappa shape index (κ1) is 13.2. The third kappa shape index (κ3) is 2.31. The Hall–Kier alpha value is -1.81. The molecule has 0 bridgehead atoms. The predicted molar refractivity (Wildman–Crippen MR) is 81.9 cm³/mol. The molecule has 0 aliphatic heterocycles. The Kier molecular flexibility index (Phi) is 3.49. The molecule has 0 saturated carbocycles. The van der Waals surface area contributed by atoms with Crippen molar-refractivity contribution < 1.29 is 0 Å². The summed E-state index contributed by atoms with van der Waals surface area (Å²) < 4.78 is 2.15. The van der Waals surface area contributed by atoms with Crippen molar-refractivity contribution in [2.24, 2.45) is 7.05 Å². The van der Waals surface area contributed by atoms with E-state index in [1.807, 2.05) is 25.2 Å². The Bertz CT molecular complexity index is 600. The molecule has 1 atom stereocenters. The average molecular weight is 270 g/mol. The number of hydrogen-bond acceptors (Lipinski definition) is 3. The van der Waals surface area contributed by atoms with Gasteiger partial charge in [0.2, 0.25) is 5.95 Å². The number of fused-ring (bicyclic) bond motifs is 1. The molecule has 2 aromatic rings. The smallest absolute Gasteiger partial charge is 0.204 e. The van der Waals surface area contributed by atoms with Crippen LogP contribution in [0.4, 0.5) is 5.95 Å². The molecular formula is C16H22N4. The van der Waals surface area contributed by atoms with Crippen molar-refractivity contribution >= 4 is 5.95 Å². The normalized spacial score (nSPS) is 17.2. The first-order valence-electron chi connectivity index (χ1n) is 7.16. The molecule has 1 unspecified atom stereocenters. The highest BCUT2D eigenvalue weighted by molar-refractivity contribution is 5.35. The maximum Gasteiger partial charge on any atom is 0.204 e. The zero-order valence-corrected chi connectivity index (χ0v) is 12.4. The van der Waals surface area contributed by atoms with Crippen molar-refractivity contribution in [2.45, 2.75) is 25.4 Å². The van der Waals surface area contributed by atoms with E-state index in [2.05, 4.69) is 46.2 Å². The fourth-order valence-electron chi connectivity index (χ4n) is 3.01. The first-order chi connectivity index (χ1) is 9.66. The molecule has 1 aliphatic carbocycles. The van der Waals surface area contributed by atoms with Gasteiger partial charge in [-0.3, -0.25) is 0 Å². The van der Waals surface area contributed by atoms with Crippen LogP contribution in [0.15, 0.2) is 30.5 Å². The van der Waals surface area contributed by atoms with Crippen LogP contribution in [0.5, 0.6) is 0 Å². The number of imidazole rings is 1. The summed E-state index contributed by atoms with van der Waals surface area (Å²) in [4.78, 5) is 6.49. The van der Waals surface area contributed by atoms with Gasteiger partial charge < -0.3 is 14.8 Å². The lowest BCUT2D eigenvalue weighted by molar-refractivity contribution is 0.518. The summed E-state index contributed by atoms with van der Waals surface area (Å²) in [6, 6.07) is 9.22. The monoisotopic (exact) mass is 270 g/mol. The number of aryl methyl sites for hydroxylation is 1. The van der Waals surface area contributed by atoms with E-state index < -0.39 is 0 Å². The van der Waals surface area contributed by atoms with E-state index in [0.717, 1.165) is 12.5 Å². The number of hydrogen-bond donors (Lipinski definition) is 1. The van der Waals surface area contributed by atoms with Gasteiger partial charge in [0.05, 0.1) is 11.9 Å². The molecule has 4 heteroatoms. The third-order valence-electron chi connectivity index (χ3n) is 4.12. The van der Waals surface area contributed by atoms with Crippen molar-refractivity contribution in [3.63, 3.8) is 0 Å². The van der Waals surface area contributed by atoms with Gasteiger partial charge in [-0.05, 0) is 24.0 Å². The van der Waals surface area contributed by atoms with Crippen molar-refractivity contribution in [1.29, 1.82) is 0 Å². The highest BCUT2D eigenvalue weighted by Gasteiger charge is 2.21. The van der Waals surface area contributed by atoms with Gasteiger partial charge in [-0.25, -0.2) is 4.98 Å². The molecule has 20 heavy (non-hydrogen) atoms. The Morgan fingerprint density at radius 1 is 1.35 bits per heavy atom. The second kappa shape index (κ2) is 5.29. The number of aromatic nitrogens is 2. The minimum absolute atomic E-state index is 0.476. The van der Waals surface area contributed by atoms with Gasteiger partial charge in [0.15, 0.2) is 0 Å². The fourth-order valence-corrected chi connectivity index (χ4v) is 3.01. The summed E-state index contributed by atoms with van der Waals surface area (Å²) in [7, 11) is 6.11. The lowest BCUT2D eigenvalue weighted by Crippen LogP contribution is -2.21. The van der Waals surface area contributed by atoms with Crippen molar-refractivity contribution in [1.82, 2.24) is 14.9 Å². The third-order valence-corrected chi connectivity index (χ3v) is 4.12. The highest BCUT2D eigenvalue weighted by Crippen LogP contribution is 2.30. The van der Waals surface area contributed by atoms with Crippen LogP contribution in [0, 0.1) is 0 Å². The molecule has 0 radical (unpaired) electrons. The minimum atomic E-state index is 0.476. The van der Waals surface area contributed by atoms with Crippen LogP contribution in [0.1, 0.15) is 29.3 Å². The molecule has 106 valence electrons. The van der Waals surface area contributed by atoms with Gasteiger partial charge >= 0.3 is 0 Å². The molecule has 1 aliphatic rings. The lowest BCUT2D eigenvalue weighted by atomic mass is 10.1. The second-order valence-electron chi connectivity index (χ2n) is 5.67. The lowest BCUT2D eigenvalue weighted by Gasteiger charge is -2.16. The summed E-state index contributed by atoms with van der Waals surface area (Å²) in [5.41, 5.74) is 4.17. The zero-order valence-electron chi connectivity index (χ0n) is 12.4. The van der Waals surface area contributed by atoms with Crippen LogP contribution < -0.4 is 10.2 Å². The van der Waals surface area contributed by atoms with E-state index in [4.69, 9.17) is 0 Å². The summed E-state index contributed by atoms with van der Waals surface area (Å²) in [6.07, 6.45) is 4.34. The van der Waals surface area contributed by atoms with Crippen molar-refractivity contribution in [2.75, 3.05) is 19.0 Å². The van der Waals surface area contributed by atoms with Crippen LogP contribution in [0.25, 0.3) is 0 Å². The van der Waals surface area contributed by atoms with E-state index in [-0.39, 0.29) is 0 Å². The largest absolute Gasteiger partial charge is 0.348 e. The van der Waals surface area contributed by atoms with Crippen LogP contribution in [0.2, 0.25) is 0 Å². The van der Waals surface area contributed by atoms with Gasteiger partial charge in [0.1, 0.15) is 0 Å². The maximum absolute atomic E-state index is 4.45. The van der Waals surface area contributed by atoms with E-state index in [9.17, 15) is 0 Å². The molecule has 1 aromatic heterocycles. The molecule has 4 nitrogen and oxygen atoms in total. The summed E-state index contributed by atoms with van der Waals surface area (Å²) in [5.74, 6) is 0.994. The van der Waals surface area contributed by atoms with Crippen LogP contribution in [-0.4, -0.2) is 23.6 Å². The molecule has 0 fully saturated rings. The van der Waals surface area contributed by atoms with E-state index in [1.165, 1.54) is 29.7 Å². The summed E-state index contributed by atoms with van der Waals surface area (Å²) in [5, 5.41) is 3.67. The minimum Gasteiger partial charge on any atom is -0.348 e. The number of rotatable bonds is 4. The van der Waals surface area contributed by atoms with Gasteiger partial charge in [-0.15, -0.1) is 0 Å². The van der Waals surface area contributed by atoms with E-state index >= 15 is 0 Å². The summed E-state index contributed by atoms with van der Waals surface area (Å²) in [6.45, 7) is 0.857. The molecule has 1 aromatic carbocycles. The van der Waals surface area contributed by atoms with Crippen molar-refractivity contribution in [3.8, 4) is 0 Å². The molecule has 1 N–H and O–H groups in total. The highest BCUT2D eigenvalue weighted by atomic mass is 15.3. The fraction of sp³-hybridized carbons (Fsp3) is 0.438. The molecule has 0 saturated heterocycles. The Balaban J connectivity index is 1.69. The van der Waals surface area contributed by atoms with E-state index in [0.29, 0.717) is 6.04 Å². The SMILES string of the molecule is CN(C)c1ncc(CNC2CCc3ccccc32)n1C. The second-order valence-corrected chi connectivity index (χ2v) is 5.67. The molecule has 3 rings (SSSR count).